The largest absolute Gasteiger partial charge is 0.288 e. The van der Waals surface area contributed by atoms with Crippen LogP contribution in [0.2, 0.25) is 5.02 Å². The molecule has 1 atom stereocenters. The summed E-state index contributed by atoms with van der Waals surface area (Å²) in [5, 5.41) is 9.12. The second-order valence-corrected chi connectivity index (χ2v) is 7.48. The van der Waals surface area contributed by atoms with E-state index >= 15 is 0 Å². The highest BCUT2D eigenvalue weighted by Crippen LogP contribution is 2.17. The monoisotopic (exact) mass is 368 g/mol. The Morgan fingerprint density at radius 1 is 1.12 bits per heavy atom. The van der Waals surface area contributed by atoms with Gasteiger partial charge >= 0.3 is 0 Å². The molecule has 0 aliphatic rings. The second-order valence-electron chi connectivity index (χ2n) is 5.29. The number of hydroxylamine groups is 1. The van der Waals surface area contributed by atoms with Crippen LogP contribution in [0.5, 0.6) is 0 Å². The Morgan fingerprint density at radius 2 is 1.71 bits per heavy atom. The molecule has 0 bridgehead atoms. The highest BCUT2D eigenvalue weighted by atomic mass is 35.5. The predicted molar refractivity (Wildman–Crippen MR) is 91.3 cm³/mol. The number of hydrogen-bond donors (Lipinski definition) is 3. The van der Waals surface area contributed by atoms with Crippen LogP contribution in [-0.4, -0.2) is 19.5 Å². The van der Waals surface area contributed by atoms with E-state index in [0.29, 0.717) is 16.1 Å². The minimum absolute atomic E-state index is 0.153. The van der Waals surface area contributed by atoms with Crippen molar-refractivity contribution in [2.45, 2.75) is 18.7 Å². The molecule has 24 heavy (non-hydrogen) atoms. The Bertz CT molecular complexity index is 805. The lowest BCUT2D eigenvalue weighted by Gasteiger charge is -2.15. The van der Waals surface area contributed by atoms with Gasteiger partial charge in [0.05, 0.1) is 5.75 Å². The summed E-state index contributed by atoms with van der Waals surface area (Å²) in [6.45, 7) is 1.71. The number of benzene rings is 2. The summed E-state index contributed by atoms with van der Waals surface area (Å²) in [6, 6.07) is 12.4. The van der Waals surface area contributed by atoms with Crippen molar-refractivity contribution in [2.75, 3.05) is 0 Å². The molecule has 8 heteroatoms. The molecule has 0 aromatic heterocycles. The third kappa shape index (κ3) is 5.04. The van der Waals surface area contributed by atoms with Gasteiger partial charge in [0.2, 0.25) is 10.0 Å². The van der Waals surface area contributed by atoms with Gasteiger partial charge in [0, 0.05) is 16.6 Å². The van der Waals surface area contributed by atoms with E-state index in [-0.39, 0.29) is 11.3 Å². The zero-order valence-corrected chi connectivity index (χ0v) is 14.4. The number of rotatable bonds is 6. The fourth-order valence-corrected chi connectivity index (χ4v) is 3.68. The number of sulfonamides is 1. The molecule has 2 aromatic carbocycles. The van der Waals surface area contributed by atoms with Gasteiger partial charge < -0.3 is 0 Å². The van der Waals surface area contributed by atoms with E-state index in [4.69, 9.17) is 16.8 Å². The van der Waals surface area contributed by atoms with Crippen molar-refractivity contribution >= 4 is 27.5 Å². The van der Waals surface area contributed by atoms with Crippen LogP contribution < -0.4 is 10.2 Å². The molecule has 0 aliphatic heterocycles. The minimum atomic E-state index is -3.54. The van der Waals surface area contributed by atoms with E-state index in [9.17, 15) is 13.2 Å². The van der Waals surface area contributed by atoms with E-state index in [1.165, 1.54) is 17.6 Å². The summed E-state index contributed by atoms with van der Waals surface area (Å²) < 4.78 is 27.1. The normalized spacial score (nSPS) is 12.6. The van der Waals surface area contributed by atoms with Crippen LogP contribution in [-0.2, 0) is 15.8 Å². The smallest absolute Gasteiger partial charge is 0.274 e. The third-order valence-corrected chi connectivity index (χ3v) is 5.08. The Balaban J connectivity index is 2.05. The van der Waals surface area contributed by atoms with Gasteiger partial charge in [0.1, 0.15) is 0 Å². The summed E-state index contributed by atoms with van der Waals surface area (Å²) in [5.74, 6) is -0.781. The first-order chi connectivity index (χ1) is 11.3. The first-order valence-corrected chi connectivity index (χ1v) is 9.12. The predicted octanol–water partition coefficient (Wildman–Crippen LogP) is 2.64. The molecule has 1 amide bonds. The maximum absolute atomic E-state index is 12.2. The van der Waals surface area contributed by atoms with Crippen molar-refractivity contribution in [1.82, 2.24) is 10.2 Å². The van der Waals surface area contributed by atoms with Crippen LogP contribution in [0.1, 0.15) is 34.5 Å². The average molecular weight is 369 g/mol. The molecule has 2 rings (SSSR count). The number of carbonyl (C=O) groups is 1. The summed E-state index contributed by atoms with van der Waals surface area (Å²) in [6.07, 6.45) is 0. The zero-order valence-electron chi connectivity index (χ0n) is 12.9. The SMILES string of the molecule is CC(NS(=O)(=O)Cc1ccc(Cl)cc1)c1ccc(C(=O)NO)cc1. The number of nitrogens with one attached hydrogen (secondary N) is 2. The van der Waals surface area contributed by atoms with Crippen molar-refractivity contribution in [3.05, 3.63) is 70.2 Å². The van der Waals surface area contributed by atoms with Crippen molar-refractivity contribution in [1.29, 1.82) is 0 Å². The number of carbonyl (C=O) groups excluding carboxylic acids is 1. The van der Waals surface area contributed by atoms with Crippen molar-refractivity contribution in [3.63, 3.8) is 0 Å². The second kappa shape index (κ2) is 7.76. The van der Waals surface area contributed by atoms with Crippen molar-refractivity contribution in [2.24, 2.45) is 0 Å². The molecule has 0 fully saturated rings. The van der Waals surface area contributed by atoms with Gasteiger partial charge in [-0.15, -0.1) is 0 Å². The van der Waals surface area contributed by atoms with E-state index in [2.05, 4.69) is 4.72 Å². The average Bonchev–Trinajstić information content (AvgIpc) is 2.55. The van der Waals surface area contributed by atoms with Crippen LogP contribution in [0.3, 0.4) is 0 Å². The van der Waals surface area contributed by atoms with E-state index in [0.717, 1.165) is 0 Å². The molecule has 6 nitrogen and oxygen atoms in total. The van der Waals surface area contributed by atoms with Crippen LogP contribution in [0.25, 0.3) is 0 Å². The molecule has 0 saturated carbocycles. The van der Waals surface area contributed by atoms with E-state index in [1.807, 2.05) is 0 Å². The molecule has 0 heterocycles. The van der Waals surface area contributed by atoms with Crippen LogP contribution in [0.4, 0.5) is 0 Å². The Labute approximate surface area is 145 Å². The quantitative estimate of drug-likeness (QED) is 0.539. The molecule has 0 radical (unpaired) electrons. The van der Waals surface area contributed by atoms with Crippen LogP contribution >= 0.6 is 11.6 Å². The lowest BCUT2D eigenvalue weighted by atomic mass is 10.1. The number of halogens is 1. The lowest BCUT2D eigenvalue weighted by molar-refractivity contribution is 0.0706. The molecular formula is C16H17ClN2O4S. The summed E-state index contributed by atoms with van der Waals surface area (Å²) in [7, 11) is -3.54. The topological polar surface area (TPSA) is 95.5 Å². The minimum Gasteiger partial charge on any atom is -0.288 e. The zero-order chi connectivity index (χ0) is 17.7. The molecule has 0 spiro atoms. The van der Waals surface area contributed by atoms with Gasteiger partial charge in [0.25, 0.3) is 5.91 Å². The third-order valence-electron chi connectivity index (χ3n) is 3.40. The van der Waals surface area contributed by atoms with E-state index in [1.54, 1.807) is 43.3 Å². The van der Waals surface area contributed by atoms with Crippen molar-refractivity contribution in [3.8, 4) is 0 Å². The van der Waals surface area contributed by atoms with Gasteiger partial charge in [-0.1, -0.05) is 35.9 Å². The molecule has 0 saturated heterocycles. The molecule has 1 unspecified atom stereocenters. The Kier molecular flexibility index (Phi) is 5.95. The lowest BCUT2D eigenvalue weighted by Crippen LogP contribution is -2.28. The standard InChI is InChI=1S/C16H17ClN2O4S/c1-11(13-4-6-14(7-5-13)16(20)18-21)19-24(22,23)10-12-2-8-15(17)9-3-12/h2-9,11,19,21H,10H2,1H3,(H,18,20). The maximum Gasteiger partial charge on any atom is 0.274 e. The summed E-state index contributed by atoms with van der Waals surface area (Å²) >= 11 is 5.78. The fraction of sp³-hybridized carbons (Fsp3) is 0.188. The van der Waals surface area contributed by atoms with Gasteiger partial charge in [-0.25, -0.2) is 18.6 Å². The Morgan fingerprint density at radius 3 is 2.25 bits per heavy atom. The molecule has 2 aromatic rings. The molecule has 128 valence electrons. The highest BCUT2D eigenvalue weighted by molar-refractivity contribution is 7.88. The fourth-order valence-electron chi connectivity index (χ4n) is 2.17. The molecular weight excluding hydrogens is 352 g/mol. The maximum atomic E-state index is 12.2. The molecule has 3 N–H and O–H groups in total. The summed E-state index contributed by atoms with van der Waals surface area (Å²) in [5.41, 5.74) is 3.15. The number of amides is 1. The first kappa shape index (κ1) is 18.4. The van der Waals surface area contributed by atoms with Crippen LogP contribution in [0, 0.1) is 0 Å². The highest BCUT2D eigenvalue weighted by Gasteiger charge is 2.17. The Hall–Kier alpha value is -1.93. The van der Waals surface area contributed by atoms with Gasteiger partial charge in [0.15, 0.2) is 0 Å². The van der Waals surface area contributed by atoms with Gasteiger partial charge in [-0.3, -0.25) is 10.0 Å². The van der Waals surface area contributed by atoms with Gasteiger partial charge in [-0.2, -0.15) is 0 Å². The summed E-state index contributed by atoms with van der Waals surface area (Å²) in [4.78, 5) is 11.3. The first-order valence-electron chi connectivity index (χ1n) is 7.09. The number of hydrogen-bond acceptors (Lipinski definition) is 4. The van der Waals surface area contributed by atoms with E-state index < -0.39 is 22.0 Å². The van der Waals surface area contributed by atoms with Gasteiger partial charge in [-0.05, 0) is 42.3 Å². The molecule has 0 aliphatic carbocycles. The van der Waals surface area contributed by atoms with Crippen molar-refractivity contribution < 1.29 is 18.4 Å². The van der Waals surface area contributed by atoms with Crippen LogP contribution in [0.15, 0.2) is 48.5 Å².